The Labute approximate surface area is 154 Å². The molecule has 0 radical (unpaired) electrons. The first-order chi connectivity index (χ1) is 11.5. The first kappa shape index (κ1) is 16.1. The second-order valence-corrected chi connectivity index (χ2v) is 8.19. The number of aromatic hydroxyl groups is 1. The topological polar surface area (TPSA) is 48.7 Å². The number of benzene rings is 1. The number of hydrogen-bond acceptors (Lipinski definition) is 5. The molecule has 3 atom stereocenters. The summed E-state index contributed by atoms with van der Waals surface area (Å²) in [4.78, 5) is 11.7. The predicted octanol–water partition coefficient (Wildman–Crippen LogP) is 4.68. The van der Waals surface area contributed by atoms with Gasteiger partial charge in [-0.1, -0.05) is 48.0 Å². The average Bonchev–Trinajstić information content (AvgIpc) is 3.08. The molecule has 2 aromatic rings. The van der Waals surface area contributed by atoms with Crippen LogP contribution in [0.5, 0.6) is 5.75 Å². The van der Waals surface area contributed by atoms with E-state index in [9.17, 15) is 5.11 Å². The van der Waals surface area contributed by atoms with Crippen LogP contribution >= 0.6 is 35.0 Å². The van der Waals surface area contributed by atoms with Crippen LogP contribution in [0.2, 0.25) is 10.0 Å². The fraction of sp³-hybridized carbons (Fsp3) is 0.294. The van der Waals surface area contributed by atoms with Crippen LogP contribution in [0.15, 0.2) is 41.5 Å². The number of aromatic nitrogens is 1. The van der Waals surface area contributed by atoms with Crippen molar-refractivity contribution in [3.8, 4) is 5.75 Å². The van der Waals surface area contributed by atoms with Gasteiger partial charge in [0.25, 0.3) is 0 Å². The highest BCUT2D eigenvalue weighted by Crippen LogP contribution is 2.49. The summed E-state index contributed by atoms with van der Waals surface area (Å²) in [7, 11) is 0. The fourth-order valence-corrected chi connectivity index (χ4v) is 4.83. The van der Waals surface area contributed by atoms with E-state index in [4.69, 9.17) is 28.2 Å². The Morgan fingerprint density at radius 3 is 2.67 bits per heavy atom. The Hall–Kier alpha value is -1.43. The Morgan fingerprint density at radius 1 is 1.25 bits per heavy atom. The van der Waals surface area contributed by atoms with E-state index in [0.717, 1.165) is 23.0 Å². The minimum Gasteiger partial charge on any atom is -0.505 e. The SMILES string of the molecule is C[C@@H]1CN2C(=N[C@@H](c3ccccn3)[C@H]2c2cc(Cl)c(O)c(Cl)c2)S1. The Morgan fingerprint density at radius 2 is 2.00 bits per heavy atom. The molecular formula is C17H15Cl2N3OS. The maximum absolute atomic E-state index is 9.86. The van der Waals surface area contributed by atoms with E-state index in [-0.39, 0.29) is 27.9 Å². The van der Waals surface area contributed by atoms with Crippen LogP contribution in [0.3, 0.4) is 0 Å². The molecule has 1 aromatic heterocycles. The Kier molecular flexibility index (Phi) is 4.11. The smallest absolute Gasteiger partial charge is 0.160 e. The van der Waals surface area contributed by atoms with Crippen molar-refractivity contribution in [2.75, 3.05) is 6.54 Å². The summed E-state index contributed by atoms with van der Waals surface area (Å²) in [5.41, 5.74) is 1.85. The van der Waals surface area contributed by atoms with Crippen molar-refractivity contribution >= 4 is 40.1 Å². The van der Waals surface area contributed by atoms with Crippen LogP contribution in [0.4, 0.5) is 0 Å². The minimum atomic E-state index is -0.113. The summed E-state index contributed by atoms with van der Waals surface area (Å²) >= 11 is 14.1. The van der Waals surface area contributed by atoms with E-state index >= 15 is 0 Å². The number of phenols is 1. The van der Waals surface area contributed by atoms with Gasteiger partial charge in [-0.15, -0.1) is 0 Å². The van der Waals surface area contributed by atoms with Crippen molar-refractivity contribution < 1.29 is 5.11 Å². The van der Waals surface area contributed by atoms with Crippen LogP contribution in [0.25, 0.3) is 0 Å². The number of amidine groups is 1. The zero-order valence-electron chi connectivity index (χ0n) is 12.9. The van der Waals surface area contributed by atoms with Gasteiger partial charge in [0, 0.05) is 18.0 Å². The molecule has 0 saturated carbocycles. The predicted molar refractivity (Wildman–Crippen MR) is 99.0 cm³/mol. The first-order valence-electron chi connectivity index (χ1n) is 7.64. The highest BCUT2D eigenvalue weighted by Gasteiger charge is 2.43. The third-order valence-electron chi connectivity index (χ3n) is 4.26. The lowest BCUT2D eigenvalue weighted by Crippen LogP contribution is -2.28. The van der Waals surface area contributed by atoms with Crippen LogP contribution in [-0.2, 0) is 0 Å². The summed E-state index contributed by atoms with van der Waals surface area (Å²) in [6.45, 7) is 3.10. The van der Waals surface area contributed by atoms with Gasteiger partial charge in [-0.05, 0) is 29.8 Å². The van der Waals surface area contributed by atoms with E-state index in [1.165, 1.54) is 0 Å². The Balaban J connectivity index is 1.81. The number of fused-ring (bicyclic) bond motifs is 1. The zero-order chi connectivity index (χ0) is 16.8. The number of phenolic OH excluding ortho intramolecular Hbond substituents is 1. The number of rotatable bonds is 2. The minimum absolute atomic E-state index is 0.0250. The molecule has 2 aliphatic rings. The molecule has 24 heavy (non-hydrogen) atoms. The van der Waals surface area contributed by atoms with E-state index in [2.05, 4.69) is 16.8 Å². The van der Waals surface area contributed by atoms with Gasteiger partial charge in [0.2, 0.25) is 0 Å². The summed E-state index contributed by atoms with van der Waals surface area (Å²) in [6.07, 6.45) is 1.78. The van der Waals surface area contributed by atoms with Gasteiger partial charge in [0.05, 0.1) is 21.8 Å². The van der Waals surface area contributed by atoms with Crippen molar-refractivity contribution in [3.63, 3.8) is 0 Å². The summed E-state index contributed by atoms with van der Waals surface area (Å²) in [6, 6.07) is 9.26. The lowest BCUT2D eigenvalue weighted by molar-refractivity contribution is 0.321. The van der Waals surface area contributed by atoms with Crippen molar-refractivity contribution in [1.29, 1.82) is 0 Å². The van der Waals surface area contributed by atoms with Gasteiger partial charge < -0.3 is 10.0 Å². The summed E-state index contributed by atoms with van der Waals surface area (Å²) in [5, 5.41) is 11.9. The lowest BCUT2D eigenvalue weighted by atomic mass is 9.96. The monoisotopic (exact) mass is 379 g/mol. The second kappa shape index (κ2) is 6.14. The van der Waals surface area contributed by atoms with Gasteiger partial charge in [0.15, 0.2) is 10.9 Å². The molecule has 0 aliphatic carbocycles. The standard InChI is InChI=1S/C17H15Cl2N3OS/c1-9-8-22-15(10-6-11(18)16(23)12(19)7-10)14(21-17(22)24-9)13-4-2-3-5-20-13/h2-7,9,14-15,23H,8H2,1H3/t9-,14+,15-/m1/s1. The van der Waals surface area contributed by atoms with Gasteiger partial charge in [-0.25, -0.2) is 0 Å². The Bertz CT molecular complexity index is 792. The highest BCUT2D eigenvalue weighted by atomic mass is 35.5. The summed E-state index contributed by atoms with van der Waals surface area (Å²) in [5.74, 6) is -0.0835. The van der Waals surface area contributed by atoms with Crippen molar-refractivity contribution in [3.05, 3.63) is 57.8 Å². The van der Waals surface area contributed by atoms with Gasteiger partial charge in [-0.3, -0.25) is 9.98 Å². The fourth-order valence-electron chi connectivity index (χ4n) is 3.23. The zero-order valence-corrected chi connectivity index (χ0v) is 15.2. The quantitative estimate of drug-likeness (QED) is 0.822. The van der Waals surface area contributed by atoms with Crippen LogP contribution in [0, 0.1) is 0 Å². The number of aliphatic imine (C=N–C) groups is 1. The largest absolute Gasteiger partial charge is 0.505 e. The van der Waals surface area contributed by atoms with Crippen molar-refractivity contribution in [1.82, 2.24) is 9.88 Å². The van der Waals surface area contributed by atoms with Crippen LogP contribution < -0.4 is 0 Å². The number of nitrogens with zero attached hydrogens (tertiary/aromatic N) is 3. The molecule has 1 saturated heterocycles. The molecule has 124 valence electrons. The molecule has 1 aromatic carbocycles. The molecule has 0 bridgehead atoms. The van der Waals surface area contributed by atoms with Crippen LogP contribution in [0.1, 0.15) is 30.3 Å². The maximum atomic E-state index is 9.86. The second-order valence-electron chi connectivity index (χ2n) is 5.97. The maximum Gasteiger partial charge on any atom is 0.160 e. The number of thioether (sulfide) groups is 1. The van der Waals surface area contributed by atoms with E-state index < -0.39 is 0 Å². The third-order valence-corrected chi connectivity index (χ3v) is 5.94. The highest BCUT2D eigenvalue weighted by molar-refractivity contribution is 8.14. The molecule has 0 amide bonds. The molecule has 2 aliphatic heterocycles. The normalized spacial score (nSPS) is 25.7. The molecule has 1 fully saturated rings. The van der Waals surface area contributed by atoms with E-state index in [1.54, 1.807) is 30.1 Å². The first-order valence-corrected chi connectivity index (χ1v) is 9.28. The number of halogens is 2. The molecule has 0 unspecified atom stereocenters. The summed E-state index contributed by atoms with van der Waals surface area (Å²) < 4.78 is 0. The van der Waals surface area contributed by atoms with Crippen molar-refractivity contribution in [2.45, 2.75) is 24.3 Å². The van der Waals surface area contributed by atoms with Gasteiger partial charge in [0.1, 0.15) is 6.04 Å². The number of pyridine rings is 1. The molecule has 4 rings (SSSR count). The third kappa shape index (κ3) is 2.65. The molecule has 3 heterocycles. The van der Waals surface area contributed by atoms with E-state index in [0.29, 0.717) is 5.25 Å². The van der Waals surface area contributed by atoms with E-state index in [1.807, 2.05) is 18.2 Å². The molecule has 7 heteroatoms. The molecular weight excluding hydrogens is 365 g/mol. The molecule has 0 spiro atoms. The molecule has 4 nitrogen and oxygen atoms in total. The lowest BCUT2D eigenvalue weighted by Gasteiger charge is -2.27. The van der Waals surface area contributed by atoms with Crippen LogP contribution in [-0.4, -0.2) is 32.0 Å². The van der Waals surface area contributed by atoms with Gasteiger partial charge in [-0.2, -0.15) is 0 Å². The number of hydrogen-bond donors (Lipinski definition) is 1. The average molecular weight is 380 g/mol. The van der Waals surface area contributed by atoms with Crippen molar-refractivity contribution in [2.24, 2.45) is 4.99 Å². The molecule has 1 N–H and O–H groups in total. The van der Waals surface area contributed by atoms with Gasteiger partial charge >= 0.3 is 0 Å².